The third kappa shape index (κ3) is 3.48. The van der Waals surface area contributed by atoms with Crippen molar-refractivity contribution in [2.24, 2.45) is 5.92 Å². The lowest BCUT2D eigenvalue weighted by atomic mass is 10.2. The molecule has 0 aromatic carbocycles. The predicted molar refractivity (Wildman–Crippen MR) is 77.4 cm³/mol. The fourth-order valence-electron chi connectivity index (χ4n) is 2.20. The lowest BCUT2D eigenvalue weighted by Gasteiger charge is -2.25. The maximum absolute atomic E-state index is 11.6. The quantitative estimate of drug-likeness (QED) is 0.455. The molecule has 2 rings (SSSR count). The van der Waals surface area contributed by atoms with Crippen molar-refractivity contribution in [2.45, 2.75) is 32.7 Å². The van der Waals surface area contributed by atoms with Crippen LogP contribution in [0.5, 0.6) is 0 Å². The van der Waals surface area contributed by atoms with E-state index in [1.54, 1.807) is 0 Å². The van der Waals surface area contributed by atoms with Gasteiger partial charge in [-0.05, 0) is 24.8 Å². The van der Waals surface area contributed by atoms with Crippen LogP contribution in [0.1, 0.15) is 37.2 Å². The Bertz CT molecular complexity index is 555. The monoisotopic (exact) mass is 293 g/mol. The van der Waals surface area contributed by atoms with Crippen LogP contribution in [-0.4, -0.2) is 35.6 Å². The highest BCUT2D eigenvalue weighted by Gasteiger charge is 2.35. The fraction of sp³-hybridized carbons (Fsp3) is 0.571. The lowest BCUT2D eigenvalue weighted by Crippen LogP contribution is -2.31. The van der Waals surface area contributed by atoms with Crippen molar-refractivity contribution >= 4 is 17.5 Å². The Hall–Kier alpha value is -2.18. The molecule has 1 aliphatic carbocycles. The first-order chi connectivity index (χ1) is 9.93. The van der Waals surface area contributed by atoms with Crippen molar-refractivity contribution < 1.29 is 14.5 Å². The Morgan fingerprint density at radius 2 is 2.19 bits per heavy atom. The molecule has 7 nitrogen and oxygen atoms in total. The standard InChI is InChI=1S/C14H19N3O4/c1-9(2)8-16(10-4-5-10)13-12(17(19)20)7-6-11(15-13)14(18)21-3/h6-7,9-10H,4-5,8H2,1-3H3. The second-order valence-electron chi connectivity index (χ2n) is 5.57. The van der Waals surface area contributed by atoms with E-state index < -0.39 is 10.9 Å². The molecule has 0 unspecified atom stereocenters. The van der Waals surface area contributed by atoms with Gasteiger partial charge in [0.15, 0.2) is 5.69 Å². The molecule has 0 radical (unpaired) electrons. The molecule has 1 saturated carbocycles. The number of aromatic nitrogens is 1. The number of pyridine rings is 1. The topological polar surface area (TPSA) is 85.6 Å². The van der Waals surface area contributed by atoms with Crippen LogP contribution in [0.2, 0.25) is 0 Å². The molecule has 0 amide bonds. The third-order valence-corrected chi connectivity index (χ3v) is 3.27. The first kappa shape index (κ1) is 15.2. The average molecular weight is 293 g/mol. The highest BCUT2D eigenvalue weighted by atomic mass is 16.6. The summed E-state index contributed by atoms with van der Waals surface area (Å²) < 4.78 is 4.64. The van der Waals surface area contributed by atoms with Crippen molar-refractivity contribution in [3.8, 4) is 0 Å². The predicted octanol–water partition coefficient (Wildman–Crippen LogP) is 2.40. The molecular formula is C14H19N3O4. The molecule has 1 aromatic heterocycles. The van der Waals surface area contributed by atoms with Gasteiger partial charge in [-0.3, -0.25) is 10.1 Å². The van der Waals surface area contributed by atoms with Crippen molar-refractivity contribution in [3.05, 3.63) is 27.9 Å². The second kappa shape index (κ2) is 6.07. The molecule has 0 saturated heterocycles. The maximum atomic E-state index is 11.6. The minimum absolute atomic E-state index is 0.0739. The summed E-state index contributed by atoms with van der Waals surface area (Å²) in [6.07, 6.45) is 1.99. The summed E-state index contributed by atoms with van der Waals surface area (Å²) in [5.74, 6) is 0.0133. The number of nitro groups is 1. The molecule has 0 spiro atoms. The molecule has 1 aromatic rings. The zero-order valence-electron chi connectivity index (χ0n) is 12.4. The Labute approximate surface area is 123 Å². The van der Waals surface area contributed by atoms with Gasteiger partial charge in [-0.2, -0.15) is 0 Å². The van der Waals surface area contributed by atoms with Crippen LogP contribution < -0.4 is 4.90 Å². The zero-order valence-corrected chi connectivity index (χ0v) is 12.4. The normalized spacial score (nSPS) is 14.1. The minimum atomic E-state index is -0.591. The number of nitrogens with zero attached hydrogens (tertiary/aromatic N) is 3. The van der Waals surface area contributed by atoms with Crippen molar-refractivity contribution in [2.75, 3.05) is 18.6 Å². The van der Waals surface area contributed by atoms with Crippen LogP contribution in [0.4, 0.5) is 11.5 Å². The van der Waals surface area contributed by atoms with E-state index in [4.69, 9.17) is 0 Å². The third-order valence-electron chi connectivity index (χ3n) is 3.27. The smallest absolute Gasteiger partial charge is 0.356 e. The van der Waals surface area contributed by atoms with E-state index >= 15 is 0 Å². The van der Waals surface area contributed by atoms with Gasteiger partial charge < -0.3 is 9.64 Å². The Kier molecular flexibility index (Phi) is 4.40. The number of carbonyl (C=O) groups excluding carboxylic acids is 1. The van der Waals surface area contributed by atoms with Gasteiger partial charge in [0.1, 0.15) is 0 Å². The number of rotatable bonds is 6. The van der Waals surface area contributed by atoms with Crippen LogP contribution in [0, 0.1) is 16.0 Å². The molecular weight excluding hydrogens is 274 g/mol. The maximum Gasteiger partial charge on any atom is 0.356 e. The lowest BCUT2D eigenvalue weighted by molar-refractivity contribution is -0.384. The van der Waals surface area contributed by atoms with Crippen molar-refractivity contribution in [3.63, 3.8) is 0 Å². The summed E-state index contributed by atoms with van der Waals surface area (Å²) in [4.78, 5) is 28.5. The van der Waals surface area contributed by atoms with Gasteiger partial charge in [0.25, 0.3) is 0 Å². The molecule has 1 aliphatic rings. The van der Waals surface area contributed by atoms with E-state index in [0.717, 1.165) is 12.8 Å². The van der Waals surface area contributed by atoms with Gasteiger partial charge in [0, 0.05) is 18.7 Å². The van der Waals surface area contributed by atoms with E-state index in [1.165, 1.54) is 19.2 Å². The summed E-state index contributed by atoms with van der Waals surface area (Å²) in [6, 6.07) is 2.92. The van der Waals surface area contributed by atoms with E-state index in [9.17, 15) is 14.9 Å². The van der Waals surface area contributed by atoms with E-state index in [1.807, 2.05) is 18.7 Å². The molecule has 0 N–H and O–H groups in total. The van der Waals surface area contributed by atoms with Crippen LogP contribution in [-0.2, 0) is 4.74 Å². The summed E-state index contributed by atoms with van der Waals surface area (Å²) in [6.45, 7) is 4.76. The van der Waals surface area contributed by atoms with Gasteiger partial charge in [-0.1, -0.05) is 13.8 Å². The molecule has 7 heteroatoms. The van der Waals surface area contributed by atoms with Crippen molar-refractivity contribution in [1.82, 2.24) is 4.98 Å². The SMILES string of the molecule is COC(=O)c1ccc([N+](=O)[O-])c(N(CC(C)C)C2CC2)n1. The number of hydrogen-bond acceptors (Lipinski definition) is 6. The fourth-order valence-corrected chi connectivity index (χ4v) is 2.20. The number of hydrogen-bond donors (Lipinski definition) is 0. The molecule has 0 bridgehead atoms. The van der Waals surface area contributed by atoms with E-state index in [2.05, 4.69) is 9.72 Å². The number of methoxy groups -OCH3 is 1. The van der Waals surface area contributed by atoms with E-state index in [0.29, 0.717) is 12.5 Å². The number of anilines is 1. The molecule has 0 atom stereocenters. The summed E-state index contributed by atoms with van der Waals surface area (Å²) in [7, 11) is 1.26. The highest BCUT2D eigenvalue weighted by molar-refractivity contribution is 5.88. The summed E-state index contributed by atoms with van der Waals surface area (Å²) in [5, 5.41) is 11.2. The highest BCUT2D eigenvalue weighted by Crippen LogP contribution is 2.36. The molecule has 1 fully saturated rings. The Balaban J connectivity index is 2.45. The average Bonchev–Trinajstić information content (AvgIpc) is 3.27. The van der Waals surface area contributed by atoms with Gasteiger partial charge in [-0.25, -0.2) is 9.78 Å². The number of esters is 1. The van der Waals surface area contributed by atoms with Crippen LogP contribution >= 0.6 is 0 Å². The zero-order chi connectivity index (χ0) is 15.6. The van der Waals surface area contributed by atoms with E-state index in [-0.39, 0.29) is 23.2 Å². The van der Waals surface area contributed by atoms with Crippen LogP contribution in [0.3, 0.4) is 0 Å². The molecule has 1 heterocycles. The van der Waals surface area contributed by atoms with Gasteiger partial charge in [-0.15, -0.1) is 0 Å². The minimum Gasteiger partial charge on any atom is -0.464 e. The second-order valence-corrected chi connectivity index (χ2v) is 5.57. The van der Waals surface area contributed by atoms with Gasteiger partial charge in [0.2, 0.25) is 5.82 Å². The van der Waals surface area contributed by atoms with Crippen LogP contribution in [0.25, 0.3) is 0 Å². The summed E-state index contributed by atoms with van der Waals surface area (Å²) in [5.41, 5.74) is 0.0164. The Morgan fingerprint density at radius 1 is 1.52 bits per heavy atom. The number of ether oxygens (including phenoxy) is 1. The molecule has 21 heavy (non-hydrogen) atoms. The Morgan fingerprint density at radius 3 is 2.67 bits per heavy atom. The largest absolute Gasteiger partial charge is 0.464 e. The van der Waals surface area contributed by atoms with Crippen LogP contribution in [0.15, 0.2) is 12.1 Å². The van der Waals surface area contributed by atoms with Gasteiger partial charge >= 0.3 is 11.7 Å². The first-order valence-corrected chi connectivity index (χ1v) is 6.94. The number of carbonyl (C=O) groups is 1. The first-order valence-electron chi connectivity index (χ1n) is 6.94. The molecule has 0 aliphatic heterocycles. The summed E-state index contributed by atoms with van der Waals surface area (Å²) >= 11 is 0. The van der Waals surface area contributed by atoms with Gasteiger partial charge in [0.05, 0.1) is 12.0 Å². The molecule has 114 valence electrons. The van der Waals surface area contributed by atoms with Crippen molar-refractivity contribution in [1.29, 1.82) is 0 Å².